The molecule has 0 unspecified atom stereocenters. The molecule has 12 heteroatoms. The van der Waals surface area contributed by atoms with Gasteiger partial charge in [0.2, 0.25) is 5.88 Å². The zero-order valence-corrected chi connectivity index (χ0v) is 17.3. The second-order valence-electron chi connectivity index (χ2n) is 7.04. The van der Waals surface area contributed by atoms with E-state index in [0.29, 0.717) is 34.1 Å². The lowest BCUT2D eigenvalue weighted by Crippen LogP contribution is -2.27. The Labute approximate surface area is 185 Å². The fraction of sp³-hybridized carbons (Fsp3) is 0.190. The SMILES string of the molecule is Cc1cc(C#Cc2cnc3c(c2)NC(=O)CO3)cnc1-n1cnn(CC(CN)=C(F)F)c1=O. The molecule has 1 aliphatic heterocycles. The Morgan fingerprint density at radius 1 is 1.21 bits per heavy atom. The van der Waals surface area contributed by atoms with Crippen LogP contribution in [0.5, 0.6) is 5.88 Å². The van der Waals surface area contributed by atoms with Gasteiger partial charge in [0.1, 0.15) is 17.8 Å². The molecule has 0 atom stereocenters. The highest BCUT2D eigenvalue weighted by molar-refractivity contribution is 5.95. The van der Waals surface area contributed by atoms with Gasteiger partial charge in [0.05, 0.1) is 6.54 Å². The Morgan fingerprint density at radius 2 is 1.94 bits per heavy atom. The quantitative estimate of drug-likeness (QED) is 0.563. The summed E-state index contributed by atoms with van der Waals surface area (Å²) in [5.41, 5.74) is 6.50. The molecule has 0 bridgehead atoms. The fourth-order valence-corrected chi connectivity index (χ4v) is 3.05. The predicted molar refractivity (Wildman–Crippen MR) is 113 cm³/mol. The van der Waals surface area contributed by atoms with Crippen LogP contribution in [0.1, 0.15) is 16.7 Å². The van der Waals surface area contributed by atoms with Crippen LogP contribution in [-0.4, -0.2) is 43.4 Å². The lowest BCUT2D eigenvalue weighted by molar-refractivity contribution is -0.118. The predicted octanol–water partition coefficient (Wildman–Crippen LogP) is 0.972. The Hall–Kier alpha value is -4.37. The highest BCUT2D eigenvalue weighted by Gasteiger charge is 2.17. The van der Waals surface area contributed by atoms with Crippen molar-refractivity contribution in [3.8, 4) is 23.5 Å². The molecular formula is C21H17F2N7O3. The largest absolute Gasteiger partial charge is 0.466 e. The van der Waals surface area contributed by atoms with Gasteiger partial charge < -0.3 is 15.8 Å². The highest BCUT2D eigenvalue weighted by Crippen LogP contribution is 2.25. The Kier molecular flexibility index (Phi) is 5.97. The molecule has 0 aromatic carbocycles. The molecule has 168 valence electrons. The van der Waals surface area contributed by atoms with Crippen LogP contribution >= 0.6 is 0 Å². The van der Waals surface area contributed by atoms with E-state index in [1.165, 1.54) is 18.7 Å². The van der Waals surface area contributed by atoms with E-state index < -0.39 is 18.3 Å². The van der Waals surface area contributed by atoms with Gasteiger partial charge in [-0.25, -0.2) is 24.0 Å². The maximum Gasteiger partial charge on any atom is 0.351 e. The number of amides is 1. The number of nitrogens with one attached hydrogen (secondary N) is 1. The summed E-state index contributed by atoms with van der Waals surface area (Å²) in [7, 11) is 0. The van der Waals surface area contributed by atoms with E-state index in [0.717, 1.165) is 9.25 Å². The Morgan fingerprint density at radius 3 is 2.64 bits per heavy atom. The third-order valence-corrected chi connectivity index (χ3v) is 4.68. The van der Waals surface area contributed by atoms with Crippen molar-refractivity contribution in [3.63, 3.8) is 0 Å². The minimum Gasteiger partial charge on any atom is -0.466 e. The first-order valence-corrected chi connectivity index (χ1v) is 9.65. The number of rotatable bonds is 4. The van der Waals surface area contributed by atoms with Crippen molar-refractivity contribution in [1.29, 1.82) is 0 Å². The number of ether oxygens (including phenoxy) is 1. The summed E-state index contributed by atoms with van der Waals surface area (Å²) in [4.78, 5) is 32.4. The van der Waals surface area contributed by atoms with Crippen LogP contribution in [0.4, 0.5) is 14.5 Å². The molecule has 3 aromatic heterocycles. The zero-order valence-electron chi connectivity index (χ0n) is 17.3. The van der Waals surface area contributed by atoms with Crippen LogP contribution in [-0.2, 0) is 11.3 Å². The van der Waals surface area contributed by atoms with Crippen molar-refractivity contribution in [2.45, 2.75) is 13.5 Å². The smallest absolute Gasteiger partial charge is 0.351 e. The van der Waals surface area contributed by atoms with Gasteiger partial charge in [-0.2, -0.15) is 13.9 Å². The number of halogens is 2. The highest BCUT2D eigenvalue weighted by atomic mass is 19.3. The minimum atomic E-state index is -1.93. The second-order valence-corrected chi connectivity index (χ2v) is 7.04. The maximum atomic E-state index is 12.8. The summed E-state index contributed by atoms with van der Waals surface area (Å²) >= 11 is 0. The maximum absolute atomic E-state index is 12.8. The molecule has 3 N–H and O–H groups in total. The molecule has 1 aliphatic rings. The lowest BCUT2D eigenvalue weighted by Gasteiger charge is -2.16. The first-order valence-electron chi connectivity index (χ1n) is 9.65. The molecule has 0 saturated carbocycles. The van der Waals surface area contributed by atoms with Crippen LogP contribution in [0.15, 0.2) is 47.3 Å². The number of pyridine rings is 2. The number of hydrogen-bond donors (Lipinski definition) is 2. The van der Waals surface area contributed by atoms with Gasteiger partial charge in [0.15, 0.2) is 6.61 Å². The molecule has 10 nitrogen and oxygen atoms in total. The van der Waals surface area contributed by atoms with Crippen LogP contribution in [0.3, 0.4) is 0 Å². The number of hydrogen-bond acceptors (Lipinski definition) is 7. The summed E-state index contributed by atoms with van der Waals surface area (Å²) in [6, 6.07) is 3.38. The number of nitrogens with two attached hydrogens (primary N) is 1. The molecule has 0 saturated heterocycles. The standard InChI is InChI=1S/C21H17F2N7O3/c1-12-4-13(2-3-14-5-16-20(26-8-14)33-10-17(31)28-16)7-25-19(12)29-11-27-30(21(29)32)9-15(6-24)18(22)23/h4-5,7-8,11H,6,9-10,24H2,1H3,(H,28,31). The van der Waals surface area contributed by atoms with Gasteiger partial charge in [-0.05, 0) is 24.6 Å². The van der Waals surface area contributed by atoms with Gasteiger partial charge in [-0.15, -0.1) is 0 Å². The molecule has 33 heavy (non-hydrogen) atoms. The third kappa shape index (κ3) is 4.63. The zero-order chi connectivity index (χ0) is 23.5. The minimum absolute atomic E-state index is 0.0814. The average molecular weight is 453 g/mol. The van der Waals surface area contributed by atoms with Crippen LogP contribution in [0, 0.1) is 18.8 Å². The van der Waals surface area contributed by atoms with Gasteiger partial charge >= 0.3 is 5.69 Å². The topological polar surface area (TPSA) is 130 Å². The van der Waals surface area contributed by atoms with Crippen molar-refractivity contribution in [2.75, 3.05) is 18.5 Å². The second kappa shape index (κ2) is 9.01. The number of aryl methyl sites for hydroxylation is 1. The summed E-state index contributed by atoms with van der Waals surface area (Å²) in [5.74, 6) is 6.24. The normalized spacial score (nSPS) is 12.2. The summed E-state index contributed by atoms with van der Waals surface area (Å²) in [6.45, 7) is 0.859. The molecule has 0 aliphatic carbocycles. The number of carbonyl (C=O) groups is 1. The van der Waals surface area contributed by atoms with Gasteiger partial charge in [0.25, 0.3) is 12.0 Å². The third-order valence-electron chi connectivity index (χ3n) is 4.68. The Balaban J connectivity index is 1.57. The van der Waals surface area contributed by atoms with E-state index in [4.69, 9.17) is 10.5 Å². The van der Waals surface area contributed by atoms with E-state index in [2.05, 4.69) is 32.2 Å². The molecule has 0 fully saturated rings. The molecule has 0 spiro atoms. The number of carbonyl (C=O) groups excluding carboxylic acids is 1. The van der Waals surface area contributed by atoms with Crippen molar-refractivity contribution in [2.24, 2.45) is 5.73 Å². The van der Waals surface area contributed by atoms with Gasteiger partial charge in [-0.1, -0.05) is 11.8 Å². The van der Waals surface area contributed by atoms with E-state index >= 15 is 0 Å². The fourth-order valence-electron chi connectivity index (χ4n) is 3.05. The van der Waals surface area contributed by atoms with Crippen molar-refractivity contribution >= 4 is 11.6 Å². The summed E-state index contributed by atoms with van der Waals surface area (Å²) in [6.07, 6.45) is 2.28. The molecule has 1 amide bonds. The molecule has 4 rings (SSSR count). The molecule has 0 radical (unpaired) electrons. The molecular weight excluding hydrogens is 436 g/mol. The van der Waals surface area contributed by atoms with Crippen LogP contribution < -0.4 is 21.5 Å². The Bertz CT molecular complexity index is 1390. The number of fused-ring (bicyclic) bond motifs is 1. The first-order chi connectivity index (χ1) is 15.9. The van der Waals surface area contributed by atoms with E-state index in [9.17, 15) is 18.4 Å². The summed E-state index contributed by atoms with van der Waals surface area (Å²) < 4.78 is 33.0. The van der Waals surface area contributed by atoms with Crippen molar-refractivity contribution in [1.82, 2.24) is 24.3 Å². The van der Waals surface area contributed by atoms with E-state index in [1.807, 2.05) is 0 Å². The molecule has 4 heterocycles. The monoisotopic (exact) mass is 453 g/mol. The number of aromatic nitrogens is 5. The van der Waals surface area contributed by atoms with E-state index in [-0.39, 0.29) is 24.6 Å². The lowest BCUT2D eigenvalue weighted by atomic mass is 10.2. The van der Waals surface area contributed by atoms with Crippen LogP contribution in [0.2, 0.25) is 0 Å². The number of anilines is 1. The molecule has 3 aromatic rings. The van der Waals surface area contributed by atoms with Gasteiger partial charge in [-0.3, -0.25) is 4.79 Å². The number of nitrogens with zero attached hydrogens (tertiary/aromatic N) is 5. The average Bonchev–Trinajstić information content (AvgIpc) is 3.15. The first kappa shape index (κ1) is 21.8. The van der Waals surface area contributed by atoms with Gasteiger partial charge in [0, 0.05) is 35.6 Å². The van der Waals surface area contributed by atoms with Crippen molar-refractivity contribution in [3.05, 3.63) is 69.7 Å². The van der Waals surface area contributed by atoms with E-state index in [1.54, 1.807) is 19.1 Å². The van der Waals surface area contributed by atoms with Crippen molar-refractivity contribution < 1.29 is 18.3 Å². The van der Waals surface area contributed by atoms with Crippen LogP contribution in [0.25, 0.3) is 5.82 Å². The summed E-state index contributed by atoms with van der Waals surface area (Å²) in [5, 5.41) is 6.54.